The zero-order valence-corrected chi connectivity index (χ0v) is 9.53. The number of nitrogens with two attached hydrogens (primary N) is 1. The van der Waals surface area contributed by atoms with Crippen LogP contribution in [0, 0.1) is 11.7 Å². The van der Waals surface area contributed by atoms with Gasteiger partial charge in [-0.05, 0) is 49.4 Å². The van der Waals surface area contributed by atoms with E-state index in [1.807, 2.05) is 0 Å². The predicted octanol–water partition coefficient (Wildman–Crippen LogP) is 2.72. The van der Waals surface area contributed by atoms with E-state index in [-0.39, 0.29) is 18.0 Å². The molecule has 1 saturated carbocycles. The van der Waals surface area contributed by atoms with Crippen LogP contribution in [-0.2, 0) is 0 Å². The monoisotopic (exact) mass is 223 g/mol. The summed E-state index contributed by atoms with van der Waals surface area (Å²) in [4.78, 5) is 0. The molecule has 0 amide bonds. The Balaban J connectivity index is 2.00. The summed E-state index contributed by atoms with van der Waals surface area (Å²) in [5, 5.41) is 0. The van der Waals surface area contributed by atoms with E-state index in [9.17, 15) is 4.39 Å². The van der Waals surface area contributed by atoms with Gasteiger partial charge in [0, 0.05) is 6.04 Å². The quantitative estimate of drug-likeness (QED) is 0.836. The van der Waals surface area contributed by atoms with Crippen LogP contribution in [0.3, 0.4) is 0 Å². The summed E-state index contributed by atoms with van der Waals surface area (Å²) >= 11 is 0. The van der Waals surface area contributed by atoms with Crippen molar-refractivity contribution in [2.75, 3.05) is 0 Å². The molecule has 0 bridgehead atoms. The van der Waals surface area contributed by atoms with Crippen LogP contribution in [0.5, 0.6) is 5.75 Å². The minimum absolute atomic E-state index is 0.0641. The highest BCUT2D eigenvalue weighted by Crippen LogP contribution is 2.26. The number of ether oxygens (including phenoxy) is 1. The van der Waals surface area contributed by atoms with E-state index in [1.165, 1.54) is 18.6 Å². The summed E-state index contributed by atoms with van der Waals surface area (Å²) in [6, 6.07) is 6.23. The van der Waals surface area contributed by atoms with Crippen molar-refractivity contribution in [3.05, 3.63) is 30.1 Å². The topological polar surface area (TPSA) is 35.2 Å². The summed E-state index contributed by atoms with van der Waals surface area (Å²) in [7, 11) is 0. The molecule has 2 N–H and O–H groups in total. The Hall–Kier alpha value is -1.09. The molecule has 0 spiro atoms. The molecule has 1 fully saturated rings. The van der Waals surface area contributed by atoms with Crippen molar-refractivity contribution in [1.29, 1.82) is 0 Å². The second-order valence-corrected chi connectivity index (χ2v) is 4.69. The third-order valence-electron chi connectivity index (χ3n) is 3.21. The summed E-state index contributed by atoms with van der Waals surface area (Å²) in [5.74, 6) is 1.12. The maximum atomic E-state index is 12.7. The maximum absolute atomic E-state index is 12.7. The van der Waals surface area contributed by atoms with Crippen molar-refractivity contribution in [1.82, 2.24) is 0 Å². The minimum Gasteiger partial charge on any atom is -0.489 e. The van der Waals surface area contributed by atoms with Gasteiger partial charge >= 0.3 is 0 Å². The lowest BCUT2D eigenvalue weighted by atomic mass is 9.85. The molecule has 0 heterocycles. The molecule has 3 atom stereocenters. The Kier molecular flexibility index (Phi) is 3.44. The highest BCUT2D eigenvalue weighted by Gasteiger charge is 2.27. The average molecular weight is 223 g/mol. The molecule has 0 saturated heterocycles. The van der Waals surface area contributed by atoms with E-state index < -0.39 is 0 Å². The van der Waals surface area contributed by atoms with E-state index in [0.29, 0.717) is 11.7 Å². The van der Waals surface area contributed by atoms with Crippen molar-refractivity contribution < 1.29 is 9.13 Å². The first-order valence-electron chi connectivity index (χ1n) is 5.83. The lowest BCUT2D eigenvalue weighted by Gasteiger charge is -2.32. The first-order valence-corrected chi connectivity index (χ1v) is 5.83. The largest absolute Gasteiger partial charge is 0.489 e. The van der Waals surface area contributed by atoms with Crippen molar-refractivity contribution in [3.8, 4) is 5.75 Å². The van der Waals surface area contributed by atoms with Crippen LogP contribution < -0.4 is 10.5 Å². The molecule has 3 heteroatoms. The standard InChI is InChI=1S/C13H18FNO/c1-9-2-7-12(15)13(8-9)16-11-5-3-10(14)4-6-11/h3-6,9,12-13H,2,7-8,15H2,1H3. The molecule has 0 aromatic heterocycles. The molecule has 1 aromatic carbocycles. The molecule has 16 heavy (non-hydrogen) atoms. The molecule has 88 valence electrons. The number of hydrogen-bond donors (Lipinski definition) is 1. The summed E-state index contributed by atoms with van der Waals surface area (Å²) in [5.41, 5.74) is 6.02. The molecule has 1 aliphatic carbocycles. The van der Waals surface area contributed by atoms with Crippen LogP contribution in [0.25, 0.3) is 0 Å². The van der Waals surface area contributed by atoms with Gasteiger partial charge < -0.3 is 10.5 Å². The second kappa shape index (κ2) is 4.83. The first kappa shape index (κ1) is 11.4. The Morgan fingerprint density at radius 1 is 1.25 bits per heavy atom. The Morgan fingerprint density at radius 3 is 2.62 bits per heavy atom. The van der Waals surface area contributed by atoms with Gasteiger partial charge in [-0.2, -0.15) is 0 Å². The number of rotatable bonds is 2. The van der Waals surface area contributed by atoms with E-state index in [2.05, 4.69) is 6.92 Å². The van der Waals surface area contributed by atoms with Gasteiger partial charge in [-0.3, -0.25) is 0 Å². The zero-order valence-electron chi connectivity index (χ0n) is 9.53. The number of halogens is 1. The normalized spacial score (nSPS) is 30.1. The van der Waals surface area contributed by atoms with E-state index in [4.69, 9.17) is 10.5 Å². The molecule has 2 rings (SSSR count). The molecule has 1 aromatic rings. The van der Waals surface area contributed by atoms with Gasteiger partial charge in [-0.15, -0.1) is 0 Å². The molecule has 2 nitrogen and oxygen atoms in total. The number of benzene rings is 1. The molecule has 0 aliphatic heterocycles. The first-order chi connectivity index (χ1) is 7.65. The summed E-state index contributed by atoms with van der Waals surface area (Å²) < 4.78 is 18.5. The van der Waals surface area contributed by atoms with Crippen molar-refractivity contribution in [2.45, 2.75) is 38.3 Å². The van der Waals surface area contributed by atoms with Crippen molar-refractivity contribution in [3.63, 3.8) is 0 Å². The summed E-state index contributed by atoms with van der Waals surface area (Å²) in [6.45, 7) is 2.22. The Bertz CT molecular complexity index is 338. The maximum Gasteiger partial charge on any atom is 0.123 e. The third kappa shape index (κ3) is 2.73. The highest BCUT2D eigenvalue weighted by atomic mass is 19.1. The average Bonchev–Trinajstić information content (AvgIpc) is 2.27. The van der Waals surface area contributed by atoms with Gasteiger partial charge in [-0.1, -0.05) is 6.92 Å². The van der Waals surface area contributed by atoms with Crippen molar-refractivity contribution >= 4 is 0 Å². The fourth-order valence-electron chi connectivity index (χ4n) is 2.18. The molecular formula is C13H18FNO. The van der Waals surface area contributed by atoms with E-state index in [1.54, 1.807) is 12.1 Å². The Morgan fingerprint density at radius 2 is 1.94 bits per heavy atom. The molecular weight excluding hydrogens is 205 g/mol. The van der Waals surface area contributed by atoms with Crippen LogP contribution in [0.4, 0.5) is 4.39 Å². The zero-order chi connectivity index (χ0) is 11.5. The third-order valence-corrected chi connectivity index (χ3v) is 3.21. The molecule has 0 radical (unpaired) electrons. The lowest BCUT2D eigenvalue weighted by molar-refractivity contribution is 0.108. The molecule has 3 unspecified atom stereocenters. The Labute approximate surface area is 95.6 Å². The van der Waals surface area contributed by atoms with Crippen LogP contribution in [0.1, 0.15) is 26.2 Å². The van der Waals surface area contributed by atoms with Crippen molar-refractivity contribution in [2.24, 2.45) is 11.7 Å². The lowest BCUT2D eigenvalue weighted by Crippen LogP contribution is -2.43. The van der Waals surface area contributed by atoms with E-state index >= 15 is 0 Å². The smallest absolute Gasteiger partial charge is 0.123 e. The second-order valence-electron chi connectivity index (χ2n) is 4.69. The predicted molar refractivity (Wildman–Crippen MR) is 61.8 cm³/mol. The van der Waals surface area contributed by atoms with Gasteiger partial charge in [0.1, 0.15) is 17.7 Å². The summed E-state index contributed by atoms with van der Waals surface area (Å²) in [6.07, 6.45) is 3.23. The van der Waals surface area contributed by atoms with Gasteiger partial charge in [0.25, 0.3) is 0 Å². The fraction of sp³-hybridized carbons (Fsp3) is 0.538. The highest BCUT2D eigenvalue weighted by molar-refractivity contribution is 5.22. The van der Waals surface area contributed by atoms with Gasteiger partial charge in [0.05, 0.1) is 0 Å². The SMILES string of the molecule is CC1CCC(N)C(Oc2ccc(F)cc2)C1. The van der Waals surface area contributed by atoms with Gasteiger partial charge in [-0.25, -0.2) is 4.39 Å². The van der Waals surface area contributed by atoms with Gasteiger partial charge in [0.2, 0.25) is 0 Å². The van der Waals surface area contributed by atoms with E-state index in [0.717, 1.165) is 12.8 Å². The fourth-order valence-corrected chi connectivity index (χ4v) is 2.18. The van der Waals surface area contributed by atoms with Crippen LogP contribution >= 0.6 is 0 Å². The molecule has 1 aliphatic rings. The van der Waals surface area contributed by atoms with Crippen LogP contribution in [0.2, 0.25) is 0 Å². The number of hydrogen-bond acceptors (Lipinski definition) is 2. The van der Waals surface area contributed by atoms with Crippen LogP contribution in [-0.4, -0.2) is 12.1 Å². The van der Waals surface area contributed by atoms with Gasteiger partial charge in [0.15, 0.2) is 0 Å². The minimum atomic E-state index is -0.242. The van der Waals surface area contributed by atoms with Crippen LogP contribution in [0.15, 0.2) is 24.3 Å².